The Morgan fingerprint density at radius 1 is 1.14 bits per heavy atom. The molecule has 1 saturated carbocycles. The molecule has 1 aliphatic heterocycles. The molecule has 2 aliphatic rings. The quantitative estimate of drug-likeness (QED) is 0.866. The van der Waals surface area contributed by atoms with Gasteiger partial charge in [0, 0.05) is 18.7 Å². The van der Waals surface area contributed by atoms with Crippen molar-refractivity contribution in [3.05, 3.63) is 30.1 Å². The largest absolute Gasteiger partial charge is 0.323 e. The molecule has 6 heteroatoms. The smallest absolute Gasteiger partial charge is 0.262 e. The van der Waals surface area contributed by atoms with Crippen molar-refractivity contribution in [1.29, 1.82) is 0 Å². The number of halogens is 3. The van der Waals surface area contributed by atoms with Gasteiger partial charge in [0.2, 0.25) is 5.91 Å². The molecule has 2 N–H and O–H groups in total. The summed E-state index contributed by atoms with van der Waals surface area (Å²) in [7, 11) is 0. The maximum atomic E-state index is 13.5. The molecule has 21 heavy (non-hydrogen) atoms. The summed E-state index contributed by atoms with van der Waals surface area (Å²) in [5.41, 5.74) is 5.38. The molecule has 2 fully saturated rings. The van der Waals surface area contributed by atoms with E-state index in [-0.39, 0.29) is 31.0 Å². The Kier molecular flexibility index (Phi) is 3.24. The number of alkyl halides is 2. The number of hydrogen-bond donors (Lipinski definition) is 1. The van der Waals surface area contributed by atoms with Crippen molar-refractivity contribution < 1.29 is 18.0 Å². The van der Waals surface area contributed by atoms with Gasteiger partial charge in [-0.1, -0.05) is 0 Å². The topological polar surface area (TPSA) is 46.3 Å². The Morgan fingerprint density at radius 3 is 2.43 bits per heavy atom. The van der Waals surface area contributed by atoms with E-state index in [1.165, 1.54) is 24.3 Å². The average molecular weight is 298 g/mol. The van der Waals surface area contributed by atoms with Gasteiger partial charge in [-0.05, 0) is 43.5 Å². The fraction of sp³-hybridized carbons (Fsp3) is 0.533. The summed E-state index contributed by atoms with van der Waals surface area (Å²) in [4.78, 5) is 14.2. The van der Waals surface area contributed by atoms with E-state index in [0.29, 0.717) is 18.7 Å². The zero-order valence-electron chi connectivity index (χ0n) is 11.5. The van der Waals surface area contributed by atoms with E-state index in [0.717, 1.165) is 0 Å². The molecule has 1 aromatic carbocycles. The zero-order valence-corrected chi connectivity index (χ0v) is 11.5. The van der Waals surface area contributed by atoms with Crippen LogP contribution in [0.25, 0.3) is 0 Å². The highest BCUT2D eigenvalue weighted by atomic mass is 19.3. The van der Waals surface area contributed by atoms with E-state index in [4.69, 9.17) is 5.73 Å². The van der Waals surface area contributed by atoms with Gasteiger partial charge in [0.15, 0.2) is 0 Å². The lowest BCUT2D eigenvalue weighted by atomic mass is 9.70. The molecule has 1 spiro atoms. The van der Waals surface area contributed by atoms with E-state index >= 15 is 0 Å². The minimum Gasteiger partial charge on any atom is -0.323 e. The predicted molar refractivity (Wildman–Crippen MR) is 72.6 cm³/mol. The molecule has 1 aliphatic carbocycles. The number of benzene rings is 1. The summed E-state index contributed by atoms with van der Waals surface area (Å²) in [6.45, 7) is 0.461. The summed E-state index contributed by atoms with van der Waals surface area (Å²) in [5, 5.41) is 0. The normalized spacial score (nSPS) is 31.9. The lowest BCUT2D eigenvalue weighted by Crippen LogP contribution is -2.52. The van der Waals surface area contributed by atoms with E-state index in [1.54, 1.807) is 4.90 Å². The van der Waals surface area contributed by atoms with Gasteiger partial charge in [0.1, 0.15) is 5.82 Å². The number of carbonyl (C=O) groups is 1. The Hall–Kier alpha value is -1.56. The molecule has 3 rings (SSSR count). The Bertz CT molecular complexity index is 561. The first kappa shape index (κ1) is 14.4. The third-order valence-electron chi connectivity index (χ3n) is 4.74. The molecule has 2 atom stereocenters. The van der Waals surface area contributed by atoms with Crippen molar-refractivity contribution in [3.63, 3.8) is 0 Å². The second-order valence-corrected chi connectivity index (χ2v) is 6.04. The Labute approximate surface area is 120 Å². The number of rotatable bonds is 1. The number of hydrogen-bond acceptors (Lipinski definition) is 2. The van der Waals surface area contributed by atoms with Crippen LogP contribution in [0.15, 0.2) is 24.3 Å². The highest BCUT2D eigenvalue weighted by Gasteiger charge is 2.55. The third-order valence-corrected chi connectivity index (χ3v) is 4.74. The van der Waals surface area contributed by atoms with Crippen molar-refractivity contribution in [2.75, 3.05) is 11.4 Å². The third kappa shape index (κ3) is 2.31. The fourth-order valence-electron chi connectivity index (χ4n) is 3.37. The van der Waals surface area contributed by atoms with Crippen molar-refractivity contribution in [2.24, 2.45) is 11.1 Å². The molecule has 0 aromatic heterocycles. The van der Waals surface area contributed by atoms with Gasteiger partial charge in [0.05, 0.1) is 11.5 Å². The summed E-state index contributed by atoms with van der Waals surface area (Å²) in [6.07, 6.45) is 0.338. The molecule has 0 bridgehead atoms. The molecule has 1 saturated heterocycles. The Morgan fingerprint density at radius 2 is 1.81 bits per heavy atom. The lowest BCUT2D eigenvalue weighted by molar-refractivity contribution is -0.135. The van der Waals surface area contributed by atoms with Gasteiger partial charge >= 0.3 is 0 Å². The van der Waals surface area contributed by atoms with E-state index in [2.05, 4.69) is 0 Å². The summed E-state index contributed by atoms with van der Waals surface area (Å²) in [5.74, 6) is -3.44. The van der Waals surface area contributed by atoms with E-state index in [9.17, 15) is 18.0 Å². The molecule has 1 aromatic rings. The monoisotopic (exact) mass is 298 g/mol. The molecular weight excluding hydrogens is 281 g/mol. The number of amides is 1. The van der Waals surface area contributed by atoms with Crippen LogP contribution in [0, 0.1) is 11.2 Å². The predicted octanol–water partition coefficient (Wildman–Crippen LogP) is 2.70. The summed E-state index contributed by atoms with van der Waals surface area (Å²) < 4.78 is 40.0. The maximum absolute atomic E-state index is 13.5. The molecule has 114 valence electrons. The van der Waals surface area contributed by atoms with Crippen molar-refractivity contribution in [2.45, 2.75) is 37.6 Å². The molecule has 1 amide bonds. The lowest BCUT2D eigenvalue weighted by Gasteiger charge is -2.39. The standard InChI is InChI=1S/C15H17F3N2O/c16-10-1-3-11(4-2-10)20-8-7-14(13(20)21)5-6-15(17,18)12(19)9-14/h1-4,12H,5-9,19H2. The number of carbonyl (C=O) groups excluding carboxylic acids is 1. The summed E-state index contributed by atoms with van der Waals surface area (Å²) >= 11 is 0. The van der Waals surface area contributed by atoms with Crippen LogP contribution in [-0.2, 0) is 4.79 Å². The molecule has 2 unspecified atom stereocenters. The van der Waals surface area contributed by atoms with Crippen LogP contribution in [0.1, 0.15) is 25.7 Å². The van der Waals surface area contributed by atoms with Crippen LogP contribution in [0.3, 0.4) is 0 Å². The van der Waals surface area contributed by atoms with Crippen LogP contribution in [0.4, 0.5) is 18.9 Å². The van der Waals surface area contributed by atoms with Crippen molar-refractivity contribution in [1.82, 2.24) is 0 Å². The number of nitrogens with zero attached hydrogens (tertiary/aromatic N) is 1. The van der Waals surface area contributed by atoms with Crippen LogP contribution in [0.5, 0.6) is 0 Å². The second-order valence-electron chi connectivity index (χ2n) is 6.04. The molecular formula is C15H17F3N2O. The van der Waals surface area contributed by atoms with Crippen molar-refractivity contribution >= 4 is 11.6 Å². The highest BCUT2D eigenvalue weighted by Crippen LogP contribution is 2.49. The van der Waals surface area contributed by atoms with Gasteiger partial charge < -0.3 is 10.6 Å². The first-order valence-electron chi connectivity index (χ1n) is 7.05. The first-order chi connectivity index (χ1) is 9.84. The van der Waals surface area contributed by atoms with E-state index < -0.39 is 17.4 Å². The molecule has 3 nitrogen and oxygen atoms in total. The number of anilines is 1. The minimum absolute atomic E-state index is 0.0104. The van der Waals surface area contributed by atoms with Crippen LogP contribution in [0.2, 0.25) is 0 Å². The fourth-order valence-corrected chi connectivity index (χ4v) is 3.37. The highest BCUT2D eigenvalue weighted by molar-refractivity contribution is 6.00. The van der Waals surface area contributed by atoms with Gasteiger partial charge in [-0.2, -0.15) is 0 Å². The van der Waals surface area contributed by atoms with Gasteiger partial charge in [-0.3, -0.25) is 4.79 Å². The van der Waals surface area contributed by atoms with Gasteiger partial charge in [-0.25, -0.2) is 13.2 Å². The average Bonchev–Trinajstić information content (AvgIpc) is 2.74. The van der Waals surface area contributed by atoms with Gasteiger partial charge in [0.25, 0.3) is 5.92 Å². The van der Waals surface area contributed by atoms with E-state index in [1.807, 2.05) is 0 Å². The maximum Gasteiger partial charge on any atom is 0.262 e. The van der Waals surface area contributed by atoms with Crippen molar-refractivity contribution in [3.8, 4) is 0 Å². The zero-order chi connectivity index (χ0) is 15.3. The van der Waals surface area contributed by atoms with Crippen LogP contribution >= 0.6 is 0 Å². The Balaban J connectivity index is 1.82. The second kappa shape index (κ2) is 4.73. The molecule has 0 radical (unpaired) electrons. The SMILES string of the molecule is NC1CC2(CCN(c3ccc(F)cc3)C2=O)CCC1(F)F. The van der Waals surface area contributed by atoms with Crippen LogP contribution < -0.4 is 10.6 Å². The first-order valence-corrected chi connectivity index (χ1v) is 7.05. The number of nitrogens with two attached hydrogens (primary N) is 1. The summed E-state index contributed by atoms with van der Waals surface area (Å²) in [6, 6.07) is 4.36. The minimum atomic E-state index is -2.89. The molecule has 1 heterocycles. The van der Waals surface area contributed by atoms with Crippen LogP contribution in [-0.4, -0.2) is 24.4 Å². The van der Waals surface area contributed by atoms with Gasteiger partial charge in [-0.15, -0.1) is 0 Å².